The summed E-state index contributed by atoms with van der Waals surface area (Å²) in [5, 5.41) is 7.27. The average Bonchev–Trinajstić information content (AvgIpc) is 2.95. The Labute approximate surface area is 117 Å². The van der Waals surface area contributed by atoms with Crippen molar-refractivity contribution < 1.29 is 17.2 Å². The van der Waals surface area contributed by atoms with Crippen molar-refractivity contribution >= 4 is 9.84 Å². The lowest BCUT2D eigenvalue weighted by Gasteiger charge is -1.95. The Morgan fingerprint density at radius 2 is 1.75 bits per heavy atom. The van der Waals surface area contributed by atoms with Crippen LogP contribution in [0.2, 0.25) is 0 Å². The van der Waals surface area contributed by atoms with Crippen molar-refractivity contribution in [1.82, 2.24) is 10.2 Å². The standard InChI is InChI=1S/C9H7FN2O.C4H10O2S/c10-8-3-1-7(2-4-8)5-9-12-11-6-13-9;1-3-7(5,6)4-2/h1-4,6H,5H2;3-4H2,1-2H3. The molecule has 1 heterocycles. The van der Waals surface area contributed by atoms with Gasteiger partial charge in [-0.25, -0.2) is 12.8 Å². The van der Waals surface area contributed by atoms with E-state index in [1.165, 1.54) is 18.5 Å². The molecule has 0 atom stereocenters. The minimum absolute atomic E-state index is 0.241. The van der Waals surface area contributed by atoms with E-state index in [0.29, 0.717) is 12.3 Å². The summed E-state index contributed by atoms with van der Waals surface area (Å²) < 4.78 is 38.2. The molecule has 110 valence electrons. The van der Waals surface area contributed by atoms with Crippen LogP contribution in [0, 0.1) is 5.82 Å². The molecule has 2 rings (SSSR count). The van der Waals surface area contributed by atoms with Crippen LogP contribution in [0.5, 0.6) is 0 Å². The lowest BCUT2D eigenvalue weighted by Crippen LogP contribution is -2.04. The molecule has 0 aliphatic rings. The summed E-state index contributed by atoms with van der Waals surface area (Å²) in [6.07, 6.45) is 1.82. The highest BCUT2D eigenvalue weighted by molar-refractivity contribution is 7.91. The highest BCUT2D eigenvalue weighted by Crippen LogP contribution is 2.07. The molecule has 0 radical (unpaired) electrons. The molecule has 20 heavy (non-hydrogen) atoms. The SMILES string of the molecule is CCS(=O)(=O)CC.Fc1ccc(Cc2nnco2)cc1. The summed E-state index contributed by atoms with van der Waals surface area (Å²) in [6, 6.07) is 6.20. The molecular formula is C13H17FN2O3S. The van der Waals surface area contributed by atoms with Crippen LogP contribution in [0.15, 0.2) is 35.1 Å². The van der Waals surface area contributed by atoms with Gasteiger partial charge in [0, 0.05) is 11.5 Å². The van der Waals surface area contributed by atoms with Crippen molar-refractivity contribution in [1.29, 1.82) is 0 Å². The molecule has 1 aromatic carbocycles. The first-order chi connectivity index (χ1) is 9.46. The molecule has 0 saturated carbocycles. The average molecular weight is 300 g/mol. The van der Waals surface area contributed by atoms with Crippen molar-refractivity contribution in [3.05, 3.63) is 47.9 Å². The van der Waals surface area contributed by atoms with Crippen LogP contribution in [-0.2, 0) is 16.3 Å². The van der Waals surface area contributed by atoms with E-state index in [1.807, 2.05) is 0 Å². The number of nitrogens with zero attached hydrogens (tertiary/aromatic N) is 2. The number of hydrogen-bond acceptors (Lipinski definition) is 5. The zero-order valence-corrected chi connectivity index (χ0v) is 12.2. The number of sulfone groups is 1. The summed E-state index contributed by atoms with van der Waals surface area (Å²) in [7, 11) is -2.66. The van der Waals surface area contributed by atoms with Gasteiger partial charge in [0.25, 0.3) is 0 Å². The van der Waals surface area contributed by atoms with E-state index in [4.69, 9.17) is 4.42 Å². The van der Waals surface area contributed by atoms with Gasteiger partial charge in [-0.15, -0.1) is 10.2 Å². The maximum Gasteiger partial charge on any atom is 0.220 e. The van der Waals surface area contributed by atoms with Crippen molar-refractivity contribution in [2.24, 2.45) is 0 Å². The van der Waals surface area contributed by atoms with Gasteiger partial charge in [-0.1, -0.05) is 26.0 Å². The van der Waals surface area contributed by atoms with Gasteiger partial charge in [-0.3, -0.25) is 0 Å². The molecule has 1 aromatic heterocycles. The predicted octanol–water partition coefficient (Wildman–Crippen LogP) is 2.24. The smallest absolute Gasteiger partial charge is 0.220 e. The molecule has 0 amide bonds. The number of aromatic nitrogens is 2. The van der Waals surface area contributed by atoms with Crippen molar-refractivity contribution in [3.8, 4) is 0 Å². The van der Waals surface area contributed by atoms with Gasteiger partial charge in [0.1, 0.15) is 15.7 Å². The van der Waals surface area contributed by atoms with Crippen LogP contribution in [0.25, 0.3) is 0 Å². The van der Waals surface area contributed by atoms with Gasteiger partial charge in [0.05, 0.1) is 6.42 Å². The Hall–Kier alpha value is -1.76. The Balaban J connectivity index is 0.000000246. The highest BCUT2D eigenvalue weighted by atomic mass is 32.2. The quantitative estimate of drug-likeness (QED) is 0.865. The molecule has 5 nitrogen and oxygen atoms in total. The lowest BCUT2D eigenvalue weighted by atomic mass is 10.1. The fourth-order valence-corrected chi connectivity index (χ4v) is 1.66. The largest absolute Gasteiger partial charge is 0.428 e. The first-order valence-corrected chi connectivity index (χ1v) is 7.99. The predicted molar refractivity (Wildman–Crippen MR) is 73.5 cm³/mol. The Morgan fingerprint density at radius 3 is 2.15 bits per heavy atom. The third-order valence-electron chi connectivity index (χ3n) is 2.55. The van der Waals surface area contributed by atoms with Crippen LogP contribution in [-0.4, -0.2) is 30.1 Å². The van der Waals surface area contributed by atoms with Crippen molar-refractivity contribution in [2.75, 3.05) is 11.5 Å². The first-order valence-electron chi connectivity index (χ1n) is 6.16. The molecule has 2 aromatic rings. The molecule has 0 bridgehead atoms. The molecule has 7 heteroatoms. The summed E-state index contributed by atoms with van der Waals surface area (Å²) in [5.41, 5.74) is 0.950. The van der Waals surface area contributed by atoms with E-state index >= 15 is 0 Å². The normalized spacial score (nSPS) is 10.8. The number of hydrogen-bond donors (Lipinski definition) is 0. The molecule has 0 aliphatic carbocycles. The molecular weight excluding hydrogens is 283 g/mol. The molecule has 0 saturated heterocycles. The summed E-state index contributed by atoms with van der Waals surface area (Å²) in [6.45, 7) is 3.30. The molecule has 0 unspecified atom stereocenters. The van der Waals surface area contributed by atoms with E-state index in [-0.39, 0.29) is 17.3 Å². The number of benzene rings is 1. The second-order valence-electron chi connectivity index (χ2n) is 3.96. The van der Waals surface area contributed by atoms with E-state index in [0.717, 1.165) is 5.56 Å². The fraction of sp³-hybridized carbons (Fsp3) is 0.385. The monoisotopic (exact) mass is 300 g/mol. The first kappa shape index (κ1) is 16.3. The topological polar surface area (TPSA) is 73.1 Å². The van der Waals surface area contributed by atoms with E-state index in [9.17, 15) is 12.8 Å². The zero-order chi connectivity index (χ0) is 15.0. The van der Waals surface area contributed by atoms with Gasteiger partial charge >= 0.3 is 0 Å². The second kappa shape index (κ2) is 7.74. The zero-order valence-electron chi connectivity index (χ0n) is 11.4. The van der Waals surface area contributed by atoms with Crippen LogP contribution in [0.3, 0.4) is 0 Å². The lowest BCUT2D eigenvalue weighted by molar-refractivity contribution is 0.504. The van der Waals surface area contributed by atoms with Crippen LogP contribution in [0.4, 0.5) is 4.39 Å². The second-order valence-corrected chi connectivity index (χ2v) is 6.60. The van der Waals surface area contributed by atoms with E-state index in [1.54, 1.807) is 26.0 Å². The number of halogens is 1. The maximum atomic E-state index is 12.5. The third-order valence-corrected chi connectivity index (χ3v) is 4.31. The molecule has 0 aliphatic heterocycles. The van der Waals surface area contributed by atoms with Gasteiger partial charge in [0.2, 0.25) is 12.3 Å². The summed E-state index contributed by atoms with van der Waals surface area (Å²) in [4.78, 5) is 0. The fourth-order valence-electron chi connectivity index (χ4n) is 1.25. The highest BCUT2D eigenvalue weighted by Gasteiger charge is 2.00. The van der Waals surface area contributed by atoms with Crippen LogP contribution < -0.4 is 0 Å². The van der Waals surface area contributed by atoms with Gasteiger partial charge in [0.15, 0.2) is 0 Å². The molecule has 0 fully saturated rings. The minimum atomic E-state index is -2.66. The van der Waals surface area contributed by atoms with Gasteiger partial charge in [-0.2, -0.15) is 0 Å². The van der Waals surface area contributed by atoms with E-state index in [2.05, 4.69) is 10.2 Å². The van der Waals surface area contributed by atoms with E-state index < -0.39 is 9.84 Å². The van der Waals surface area contributed by atoms with Crippen molar-refractivity contribution in [2.45, 2.75) is 20.3 Å². The summed E-state index contributed by atoms with van der Waals surface area (Å²) in [5.74, 6) is 0.827. The Morgan fingerprint density at radius 1 is 1.15 bits per heavy atom. The summed E-state index contributed by atoms with van der Waals surface area (Å²) >= 11 is 0. The van der Waals surface area contributed by atoms with Gasteiger partial charge < -0.3 is 4.42 Å². The Bertz CT molecular complexity index is 585. The minimum Gasteiger partial charge on any atom is -0.428 e. The van der Waals surface area contributed by atoms with Crippen molar-refractivity contribution in [3.63, 3.8) is 0 Å². The maximum absolute atomic E-state index is 12.5. The van der Waals surface area contributed by atoms with Crippen LogP contribution in [0.1, 0.15) is 25.3 Å². The molecule has 0 spiro atoms. The van der Waals surface area contributed by atoms with Crippen LogP contribution >= 0.6 is 0 Å². The van der Waals surface area contributed by atoms with Gasteiger partial charge in [-0.05, 0) is 17.7 Å². The number of rotatable bonds is 4. The third kappa shape index (κ3) is 5.92. The Kier molecular flexibility index (Phi) is 6.30. The molecule has 0 N–H and O–H groups in total.